The van der Waals surface area contributed by atoms with Crippen LogP contribution < -0.4 is 10.6 Å². The molecular weight excluding hydrogens is 472 g/mol. The Balaban J connectivity index is 1.46. The number of amides is 2. The van der Waals surface area contributed by atoms with Gasteiger partial charge in [0.1, 0.15) is 5.60 Å². The van der Waals surface area contributed by atoms with Crippen molar-refractivity contribution in [3.63, 3.8) is 0 Å². The zero-order valence-electron chi connectivity index (χ0n) is 24.1. The molecule has 5 nitrogen and oxygen atoms in total. The first-order chi connectivity index (χ1) is 18.2. The lowest BCUT2D eigenvalue weighted by atomic mass is 9.84. The summed E-state index contributed by atoms with van der Waals surface area (Å²) in [5.74, 6) is 1.51. The monoisotopic (exact) mass is 522 g/mol. The average Bonchev–Trinajstić information content (AvgIpc) is 2.89. The topological polar surface area (TPSA) is 67.4 Å². The van der Waals surface area contributed by atoms with Crippen LogP contribution in [0.2, 0.25) is 0 Å². The molecule has 1 aromatic rings. The van der Waals surface area contributed by atoms with Crippen molar-refractivity contribution in [2.75, 3.05) is 0 Å². The van der Waals surface area contributed by atoms with E-state index in [4.69, 9.17) is 4.74 Å². The molecule has 1 fully saturated rings. The molecule has 0 bridgehead atoms. The molecule has 1 aromatic carbocycles. The van der Waals surface area contributed by atoms with E-state index >= 15 is 0 Å². The summed E-state index contributed by atoms with van der Waals surface area (Å²) in [6, 6.07) is 10.9. The number of alkyl carbamates (subject to hydrolysis) is 1. The zero-order chi connectivity index (χ0) is 27.4. The van der Waals surface area contributed by atoms with E-state index in [9.17, 15) is 9.59 Å². The molecule has 2 aliphatic carbocycles. The number of carbonyl (C=O) groups is 2. The summed E-state index contributed by atoms with van der Waals surface area (Å²) < 4.78 is 5.39. The van der Waals surface area contributed by atoms with E-state index in [1.165, 1.54) is 12.0 Å². The van der Waals surface area contributed by atoms with E-state index < -0.39 is 5.60 Å². The second-order valence-electron chi connectivity index (χ2n) is 12.4. The first-order valence-corrected chi connectivity index (χ1v) is 14.9. The third-order valence-corrected chi connectivity index (χ3v) is 7.98. The van der Waals surface area contributed by atoms with Crippen LogP contribution in [0.4, 0.5) is 4.79 Å². The predicted octanol–water partition coefficient (Wildman–Crippen LogP) is 7.52. The molecule has 0 saturated heterocycles. The Morgan fingerprint density at radius 2 is 1.68 bits per heavy atom. The second-order valence-corrected chi connectivity index (χ2v) is 12.4. The molecule has 3 unspecified atom stereocenters. The van der Waals surface area contributed by atoms with Crippen molar-refractivity contribution >= 4 is 12.0 Å². The van der Waals surface area contributed by atoms with Gasteiger partial charge in [0.2, 0.25) is 5.91 Å². The fraction of sp³-hybridized carbons (Fsp3) is 0.636. The molecule has 0 radical (unpaired) electrons. The largest absolute Gasteiger partial charge is 0.444 e. The summed E-state index contributed by atoms with van der Waals surface area (Å²) in [7, 11) is 0. The van der Waals surface area contributed by atoms with Gasteiger partial charge in [-0.2, -0.15) is 0 Å². The highest BCUT2D eigenvalue weighted by molar-refractivity contribution is 5.79. The number of hydrogen-bond acceptors (Lipinski definition) is 3. The Morgan fingerprint density at radius 1 is 0.974 bits per heavy atom. The number of allylic oxidation sites excluding steroid dienone is 4. The lowest BCUT2D eigenvalue weighted by Gasteiger charge is -2.30. The number of ether oxygens (including phenoxy) is 1. The highest BCUT2D eigenvalue weighted by Crippen LogP contribution is 2.27. The van der Waals surface area contributed by atoms with Crippen LogP contribution in [0.5, 0.6) is 0 Å². The van der Waals surface area contributed by atoms with Gasteiger partial charge in [-0.15, -0.1) is 0 Å². The fourth-order valence-corrected chi connectivity index (χ4v) is 5.70. The third kappa shape index (κ3) is 11.0. The van der Waals surface area contributed by atoms with Gasteiger partial charge in [-0.1, -0.05) is 74.4 Å². The smallest absolute Gasteiger partial charge is 0.407 e. The van der Waals surface area contributed by atoms with Crippen LogP contribution in [0.15, 0.2) is 54.6 Å². The molecule has 3 rings (SSSR count). The Hall–Kier alpha value is -2.56. The normalized spacial score (nSPS) is 22.9. The molecule has 1 saturated carbocycles. The Labute approximate surface area is 230 Å². The Morgan fingerprint density at radius 3 is 2.34 bits per heavy atom. The molecule has 0 aromatic heterocycles. The quantitative estimate of drug-likeness (QED) is 0.298. The second kappa shape index (κ2) is 15.1. The van der Waals surface area contributed by atoms with Crippen molar-refractivity contribution in [3.05, 3.63) is 60.2 Å². The van der Waals surface area contributed by atoms with Gasteiger partial charge in [0.15, 0.2) is 0 Å². The molecule has 38 heavy (non-hydrogen) atoms. The van der Waals surface area contributed by atoms with Gasteiger partial charge in [0.25, 0.3) is 0 Å². The van der Waals surface area contributed by atoms with Crippen LogP contribution in [-0.2, 0) is 16.0 Å². The van der Waals surface area contributed by atoms with Crippen LogP contribution in [-0.4, -0.2) is 29.7 Å². The maximum absolute atomic E-state index is 13.3. The standard InChI is InChI=1S/C33H50N2O3/c1-25(27-17-9-6-10-18-27)13-11-19-29(20-12-16-26-14-7-5-8-15-26)34-31(36)28-21-23-30(24-22-28)35-32(37)38-33(2,3)4/h5-10,14-15,17,25,27-30H,11-13,16,18-24H2,1-4H3,(H,34,36)(H,35,37). The van der Waals surface area contributed by atoms with Crippen molar-refractivity contribution in [2.24, 2.45) is 17.8 Å². The molecule has 2 N–H and O–H groups in total. The Bertz CT molecular complexity index is 910. The van der Waals surface area contributed by atoms with Crippen molar-refractivity contribution in [1.29, 1.82) is 0 Å². The molecule has 2 aliphatic rings. The summed E-state index contributed by atoms with van der Waals surface area (Å²) >= 11 is 0. The van der Waals surface area contributed by atoms with E-state index in [1.54, 1.807) is 0 Å². The zero-order valence-corrected chi connectivity index (χ0v) is 24.1. The lowest BCUT2D eigenvalue weighted by Crippen LogP contribution is -2.44. The van der Waals surface area contributed by atoms with Crippen molar-refractivity contribution < 1.29 is 14.3 Å². The summed E-state index contributed by atoms with van der Waals surface area (Å²) in [6.07, 6.45) is 19.4. The number of aryl methyl sites for hydroxylation is 1. The minimum Gasteiger partial charge on any atom is -0.444 e. The van der Waals surface area contributed by atoms with E-state index in [2.05, 4.69) is 72.2 Å². The predicted molar refractivity (Wildman–Crippen MR) is 156 cm³/mol. The number of carbonyl (C=O) groups excluding carboxylic acids is 2. The molecule has 5 heteroatoms. The maximum atomic E-state index is 13.3. The highest BCUT2D eigenvalue weighted by atomic mass is 16.6. The number of rotatable bonds is 12. The summed E-state index contributed by atoms with van der Waals surface area (Å²) in [5.41, 5.74) is 0.859. The highest BCUT2D eigenvalue weighted by Gasteiger charge is 2.29. The van der Waals surface area contributed by atoms with Gasteiger partial charge < -0.3 is 15.4 Å². The number of nitrogens with one attached hydrogen (secondary N) is 2. The van der Waals surface area contributed by atoms with Crippen LogP contribution in [0.3, 0.4) is 0 Å². The van der Waals surface area contributed by atoms with Crippen molar-refractivity contribution in [2.45, 2.75) is 116 Å². The Kier molecular flexibility index (Phi) is 11.9. The lowest BCUT2D eigenvalue weighted by molar-refractivity contribution is -0.126. The third-order valence-electron chi connectivity index (χ3n) is 7.98. The van der Waals surface area contributed by atoms with Crippen molar-refractivity contribution in [3.8, 4) is 0 Å². The van der Waals surface area contributed by atoms with Crippen LogP contribution in [0.1, 0.15) is 97.5 Å². The van der Waals surface area contributed by atoms with E-state index in [-0.39, 0.29) is 30.0 Å². The van der Waals surface area contributed by atoms with E-state index in [1.807, 2.05) is 20.8 Å². The van der Waals surface area contributed by atoms with Crippen LogP contribution >= 0.6 is 0 Å². The van der Waals surface area contributed by atoms with Gasteiger partial charge in [0, 0.05) is 18.0 Å². The summed E-state index contributed by atoms with van der Waals surface area (Å²) in [4.78, 5) is 25.4. The van der Waals surface area contributed by atoms with E-state index in [0.29, 0.717) is 11.8 Å². The molecule has 3 atom stereocenters. The molecule has 0 aliphatic heterocycles. The molecular formula is C33H50N2O3. The molecule has 2 amide bonds. The minimum absolute atomic E-state index is 0.0291. The van der Waals surface area contributed by atoms with Gasteiger partial charge >= 0.3 is 6.09 Å². The summed E-state index contributed by atoms with van der Waals surface area (Å²) in [6.45, 7) is 7.97. The fourth-order valence-electron chi connectivity index (χ4n) is 5.70. The molecule has 0 spiro atoms. The number of benzene rings is 1. The first kappa shape index (κ1) is 30.0. The van der Waals surface area contributed by atoms with Gasteiger partial charge in [-0.3, -0.25) is 4.79 Å². The first-order valence-electron chi connectivity index (χ1n) is 14.9. The average molecular weight is 523 g/mol. The molecule has 0 heterocycles. The van der Waals surface area contributed by atoms with Crippen molar-refractivity contribution in [1.82, 2.24) is 10.6 Å². The molecule has 210 valence electrons. The van der Waals surface area contributed by atoms with Crippen LogP contribution in [0.25, 0.3) is 0 Å². The van der Waals surface area contributed by atoms with E-state index in [0.717, 1.165) is 64.2 Å². The minimum atomic E-state index is -0.501. The summed E-state index contributed by atoms with van der Waals surface area (Å²) in [5, 5.41) is 6.42. The SMILES string of the molecule is CC(CCCC(CCCc1ccccc1)NC(=O)C1CCC(NC(=O)OC(C)(C)C)CC1)C1C=CC=CC1. The number of hydrogen-bond donors (Lipinski definition) is 2. The van der Waals surface area contributed by atoms with Gasteiger partial charge in [0.05, 0.1) is 0 Å². The van der Waals surface area contributed by atoms with Crippen LogP contribution in [0, 0.1) is 17.8 Å². The maximum Gasteiger partial charge on any atom is 0.407 e. The van der Waals surface area contributed by atoms with Gasteiger partial charge in [-0.05, 0) is 96.0 Å². The van der Waals surface area contributed by atoms with Gasteiger partial charge in [-0.25, -0.2) is 4.79 Å².